The van der Waals surface area contributed by atoms with Crippen molar-refractivity contribution >= 4 is 33.5 Å². The van der Waals surface area contributed by atoms with E-state index >= 15 is 0 Å². The molecular weight excluding hydrogens is 499 g/mol. The van der Waals surface area contributed by atoms with Gasteiger partial charge in [0.05, 0.1) is 22.1 Å². The summed E-state index contributed by atoms with van der Waals surface area (Å²) in [7, 11) is -3.87. The van der Waals surface area contributed by atoms with Crippen LogP contribution >= 0.6 is 11.6 Å². The van der Waals surface area contributed by atoms with Gasteiger partial charge in [-0.2, -0.15) is 4.31 Å². The third-order valence-corrected chi connectivity index (χ3v) is 8.11. The lowest BCUT2D eigenvalue weighted by Gasteiger charge is -2.38. The van der Waals surface area contributed by atoms with Gasteiger partial charge in [-0.25, -0.2) is 17.6 Å². The Morgan fingerprint density at radius 3 is 2.43 bits per heavy atom. The van der Waals surface area contributed by atoms with Gasteiger partial charge in [0.25, 0.3) is 0 Å². The number of sulfonamides is 1. The van der Waals surface area contributed by atoms with Crippen molar-refractivity contribution in [1.29, 1.82) is 0 Å². The maximum Gasteiger partial charge on any atom is 0.335 e. The third kappa shape index (κ3) is 6.50. The van der Waals surface area contributed by atoms with Crippen LogP contribution in [0, 0.1) is 11.2 Å². The Morgan fingerprint density at radius 2 is 1.80 bits per heavy atom. The van der Waals surface area contributed by atoms with Crippen LogP contribution in [-0.4, -0.2) is 67.4 Å². The second kappa shape index (κ2) is 10.9. The maximum absolute atomic E-state index is 13.1. The van der Waals surface area contributed by atoms with Gasteiger partial charge in [-0.15, -0.1) is 0 Å². The summed E-state index contributed by atoms with van der Waals surface area (Å²) in [5.74, 6) is -1.35. The Balaban J connectivity index is 1.53. The Morgan fingerprint density at radius 1 is 1.11 bits per heavy atom. The summed E-state index contributed by atoms with van der Waals surface area (Å²) in [4.78, 5) is 25.9. The van der Waals surface area contributed by atoms with E-state index in [2.05, 4.69) is 0 Å². The van der Waals surface area contributed by atoms with E-state index in [0.717, 1.165) is 6.07 Å². The summed E-state index contributed by atoms with van der Waals surface area (Å²) in [6.07, 6.45) is 1.10. The molecule has 0 bridgehead atoms. The number of nitrogens with zero attached hydrogens (tertiary/aromatic N) is 2. The van der Waals surface area contributed by atoms with E-state index in [0.29, 0.717) is 25.2 Å². The second-order valence-electron chi connectivity index (χ2n) is 8.94. The van der Waals surface area contributed by atoms with Crippen LogP contribution in [0.1, 0.15) is 37.0 Å². The topological polar surface area (TPSA) is 104 Å². The van der Waals surface area contributed by atoms with E-state index in [1.54, 1.807) is 4.90 Å². The number of benzene rings is 2. The van der Waals surface area contributed by atoms with Crippen LogP contribution in [-0.2, 0) is 14.8 Å². The number of amides is 1. The highest BCUT2D eigenvalue weighted by atomic mass is 35.5. The maximum atomic E-state index is 13.1. The quantitative estimate of drug-likeness (QED) is 0.497. The molecule has 1 saturated heterocycles. The van der Waals surface area contributed by atoms with Crippen molar-refractivity contribution in [1.82, 2.24) is 9.21 Å². The Bertz CT molecular complexity index is 1200. The molecule has 35 heavy (non-hydrogen) atoms. The number of hydrogen-bond donors (Lipinski definition) is 1. The normalized spacial score (nSPS) is 15.1. The van der Waals surface area contributed by atoms with Crippen molar-refractivity contribution in [2.75, 3.05) is 32.8 Å². The van der Waals surface area contributed by atoms with Gasteiger partial charge in [0.2, 0.25) is 15.9 Å². The Kier molecular flexibility index (Phi) is 8.40. The van der Waals surface area contributed by atoms with Crippen molar-refractivity contribution < 1.29 is 32.2 Å². The molecule has 1 amide bonds. The summed E-state index contributed by atoms with van der Waals surface area (Å²) >= 11 is 5.96. The van der Waals surface area contributed by atoms with Crippen molar-refractivity contribution in [2.24, 2.45) is 5.41 Å². The smallest absolute Gasteiger partial charge is 0.335 e. The van der Waals surface area contributed by atoms with Gasteiger partial charge >= 0.3 is 5.97 Å². The first-order chi connectivity index (χ1) is 16.4. The molecule has 11 heteroatoms. The predicted molar refractivity (Wildman–Crippen MR) is 129 cm³/mol. The molecule has 0 atom stereocenters. The number of ether oxygens (including phenoxy) is 1. The first-order valence-electron chi connectivity index (χ1n) is 11.1. The number of aromatic carboxylic acids is 1. The first-order valence-corrected chi connectivity index (χ1v) is 12.9. The number of carbonyl (C=O) groups excluding carboxylic acids is 1. The monoisotopic (exact) mass is 526 g/mol. The summed E-state index contributed by atoms with van der Waals surface area (Å²) in [5.41, 5.74) is -0.792. The van der Waals surface area contributed by atoms with E-state index in [-0.39, 0.29) is 47.6 Å². The molecule has 2 aromatic carbocycles. The number of carboxylic acid groups (broad SMARTS) is 1. The lowest BCUT2D eigenvalue weighted by atomic mass is 9.86. The highest BCUT2D eigenvalue weighted by Crippen LogP contribution is 2.29. The van der Waals surface area contributed by atoms with Crippen molar-refractivity contribution in [3.63, 3.8) is 0 Å². The standard InChI is InChI=1S/C24H28ClFN2O6S/c1-24(2,9-4-14-34-21-8-7-18(26)16-20(21)25)23(31)27-10-12-28(13-11-27)35(32,33)19-6-3-5-17(15-19)22(29)30/h3,5-8,15-16H,4,9-14H2,1-2H3,(H,29,30). The Labute approximate surface area is 209 Å². The average Bonchev–Trinajstić information content (AvgIpc) is 2.82. The minimum absolute atomic E-state index is 0.0813. The molecule has 1 aliphatic rings. The number of rotatable bonds is 9. The molecule has 0 saturated carbocycles. The molecule has 1 N–H and O–H groups in total. The van der Waals surface area contributed by atoms with Gasteiger partial charge in [-0.05, 0) is 49.2 Å². The van der Waals surface area contributed by atoms with Gasteiger partial charge < -0.3 is 14.7 Å². The van der Waals surface area contributed by atoms with E-state index in [1.807, 2.05) is 13.8 Å². The summed E-state index contributed by atoms with van der Waals surface area (Å²) in [6.45, 7) is 4.69. The van der Waals surface area contributed by atoms with E-state index in [4.69, 9.17) is 21.4 Å². The zero-order valence-electron chi connectivity index (χ0n) is 19.5. The molecule has 8 nitrogen and oxygen atoms in total. The van der Waals surface area contributed by atoms with E-state index in [9.17, 15) is 22.4 Å². The van der Waals surface area contributed by atoms with Crippen LogP contribution < -0.4 is 4.74 Å². The molecule has 1 aliphatic heterocycles. The number of halogens is 2. The SMILES string of the molecule is CC(C)(CCCOc1ccc(F)cc1Cl)C(=O)N1CCN(S(=O)(=O)c2cccc(C(=O)O)c2)CC1. The molecule has 0 aliphatic carbocycles. The molecule has 0 unspecified atom stereocenters. The van der Waals surface area contributed by atoms with Crippen LogP contribution in [0.2, 0.25) is 5.02 Å². The zero-order chi connectivity index (χ0) is 25.8. The molecular formula is C24H28ClFN2O6S. The number of carboxylic acids is 1. The van der Waals surface area contributed by atoms with E-state index in [1.165, 1.54) is 40.7 Å². The average molecular weight is 527 g/mol. The number of carbonyl (C=O) groups is 2. The molecule has 1 fully saturated rings. The minimum atomic E-state index is -3.87. The van der Waals surface area contributed by atoms with Crippen LogP contribution in [0.25, 0.3) is 0 Å². The summed E-state index contributed by atoms with van der Waals surface area (Å²) in [5, 5.41) is 9.32. The zero-order valence-corrected chi connectivity index (χ0v) is 21.1. The molecule has 2 aromatic rings. The molecule has 0 radical (unpaired) electrons. The van der Waals surface area contributed by atoms with Gasteiger partial charge in [-0.3, -0.25) is 4.79 Å². The highest BCUT2D eigenvalue weighted by Gasteiger charge is 2.36. The van der Waals surface area contributed by atoms with Crippen LogP contribution in [0.15, 0.2) is 47.4 Å². The Hall–Kier alpha value is -2.69. The fourth-order valence-electron chi connectivity index (χ4n) is 3.89. The third-order valence-electron chi connectivity index (χ3n) is 5.92. The molecule has 0 aromatic heterocycles. The fourth-order valence-corrected chi connectivity index (χ4v) is 5.58. The molecule has 0 spiro atoms. The van der Waals surface area contributed by atoms with Crippen LogP contribution in [0.5, 0.6) is 5.75 Å². The largest absolute Gasteiger partial charge is 0.492 e. The molecule has 190 valence electrons. The summed E-state index contributed by atoms with van der Waals surface area (Å²) < 4.78 is 45.9. The summed E-state index contributed by atoms with van der Waals surface area (Å²) in [6, 6.07) is 9.12. The number of piperazine rings is 1. The number of hydrogen-bond acceptors (Lipinski definition) is 5. The fraction of sp³-hybridized carbons (Fsp3) is 0.417. The van der Waals surface area contributed by atoms with Crippen molar-refractivity contribution in [2.45, 2.75) is 31.6 Å². The second-order valence-corrected chi connectivity index (χ2v) is 11.3. The first kappa shape index (κ1) is 26.9. The highest BCUT2D eigenvalue weighted by molar-refractivity contribution is 7.89. The van der Waals surface area contributed by atoms with Gasteiger partial charge in [0.1, 0.15) is 11.6 Å². The van der Waals surface area contributed by atoms with Gasteiger partial charge in [0.15, 0.2) is 0 Å². The predicted octanol–water partition coefficient (Wildman–Crippen LogP) is 3.90. The van der Waals surface area contributed by atoms with Crippen molar-refractivity contribution in [3.8, 4) is 5.75 Å². The van der Waals surface area contributed by atoms with E-state index < -0.39 is 27.2 Å². The van der Waals surface area contributed by atoms with Gasteiger partial charge in [-0.1, -0.05) is 31.5 Å². The minimum Gasteiger partial charge on any atom is -0.492 e. The van der Waals surface area contributed by atoms with Crippen LogP contribution in [0.3, 0.4) is 0 Å². The molecule has 3 rings (SSSR count). The van der Waals surface area contributed by atoms with Gasteiger partial charge in [0, 0.05) is 31.6 Å². The van der Waals surface area contributed by atoms with Crippen molar-refractivity contribution in [3.05, 3.63) is 58.9 Å². The lowest BCUT2D eigenvalue weighted by molar-refractivity contribution is -0.142. The van der Waals surface area contributed by atoms with Crippen LogP contribution in [0.4, 0.5) is 4.39 Å². The lowest BCUT2D eigenvalue weighted by Crippen LogP contribution is -2.53. The molecule has 1 heterocycles.